The van der Waals surface area contributed by atoms with Crippen LogP contribution in [0.4, 0.5) is 8.78 Å². The molecule has 1 atom stereocenters. The Morgan fingerprint density at radius 3 is 2.47 bits per heavy atom. The molecule has 2 nitrogen and oxygen atoms in total. The van der Waals surface area contributed by atoms with Crippen LogP contribution < -0.4 is 0 Å². The zero-order chi connectivity index (χ0) is 11.6. The molecule has 1 aromatic carbocycles. The fourth-order valence-electron chi connectivity index (χ4n) is 1.20. The van der Waals surface area contributed by atoms with Crippen LogP contribution in [-0.2, 0) is 4.79 Å². The van der Waals surface area contributed by atoms with Crippen molar-refractivity contribution in [2.24, 2.45) is 0 Å². The van der Waals surface area contributed by atoms with Crippen LogP contribution in [0.25, 0.3) is 0 Å². The maximum atomic E-state index is 12.6. The first-order chi connectivity index (χ1) is 6.93. The van der Waals surface area contributed by atoms with Gasteiger partial charge < -0.3 is 5.11 Å². The number of carbonyl (C=O) groups is 1. The Bertz CT molecular complexity index is 380. The van der Waals surface area contributed by atoms with Gasteiger partial charge in [-0.15, -0.1) is 0 Å². The minimum Gasteiger partial charge on any atom is -0.508 e. The highest BCUT2D eigenvalue weighted by Crippen LogP contribution is 2.34. The van der Waals surface area contributed by atoms with Gasteiger partial charge in [0.05, 0.1) is 4.83 Å². The third-order valence-corrected chi connectivity index (χ3v) is 3.07. The molecule has 0 spiro atoms. The lowest BCUT2D eigenvalue weighted by atomic mass is 10.0. The highest BCUT2D eigenvalue weighted by atomic mass is 79.9. The molecule has 0 aliphatic carbocycles. The number of ketones is 1. The second-order valence-electron chi connectivity index (χ2n) is 3.09. The maximum absolute atomic E-state index is 12.6. The number of phenols is 1. The SMILES string of the molecule is CC(=O)C(Br)c1ccc(O)cc1C(F)F. The van der Waals surface area contributed by atoms with Crippen molar-refractivity contribution in [1.29, 1.82) is 0 Å². The largest absolute Gasteiger partial charge is 0.508 e. The number of carbonyl (C=O) groups excluding carboxylic acids is 1. The van der Waals surface area contributed by atoms with Gasteiger partial charge in [-0.1, -0.05) is 22.0 Å². The van der Waals surface area contributed by atoms with E-state index in [9.17, 15) is 13.6 Å². The number of hydrogen-bond acceptors (Lipinski definition) is 2. The predicted molar refractivity (Wildman–Crippen MR) is 55.4 cm³/mol. The Hall–Kier alpha value is -0.970. The lowest BCUT2D eigenvalue weighted by molar-refractivity contribution is -0.116. The van der Waals surface area contributed by atoms with Gasteiger partial charge in [-0.3, -0.25) is 4.79 Å². The number of Topliss-reactive ketones (excluding diaryl/α,β-unsaturated/α-hetero) is 1. The summed E-state index contributed by atoms with van der Waals surface area (Å²) >= 11 is 3.03. The highest BCUT2D eigenvalue weighted by Gasteiger charge is 2.21. The molecule has 1 N–H and O–H groups in total. The van der Waals surface area contributed by atoms with E-state index in [1.54, 1.807) is 0 Å². The second kappa shape index (κ2) is 4.70. The quantitative estimate of drug-likeness (QED) is 0.861. The maximum Gasteiger partial charge on any atom is 0.264 e. The molecule has 1 rings (SSSR count). The van der Waals surface area contributed by atoms with Gasteiger partial charge in [0.1, 0.15) is 11.5 Å². The summed E-state index contributed by atoms with van der Waals surface area (Å²) < 4.78 is 25.2. The van der Waals surface area contributed by atoms with Crippen molar-refractivity contribution in [1.82, 2.24) is 0 Å². The van der Waals surface area contributed by atoms with Crippen molar-refractivity contribution >= 4 is 21.7 Å². The number of halogens is 3. The van der Waals surface area contributed by atoms with Crippen LogP contribution >= 0.6 is 15.9 Å². The monoisotopic (exact) mass is 278 g/mol. The van der Waals surface area contributed by atoms with Gasteiger partial charge in [0, 0.05) is 5.56 Å². The Kier molecular flexibility index (Phi) is 3.79. The van der Waals surface area contributed by atoms with Crippen molar-refractivity contribution in [2.45, 2.75) is 18.2 Å². The van der Waals surface area contributed by atoms with Gasteiger partial charge in [0.25, 0.3) is 6.43 Å². The van der Waals surface area contributed by atoms with E-state index < -0.39 is 11.3 Å². The number of benzene rings is 1. The molecule has 0 aliphatic heterocycles. The fourth-order valence-corrected chi connectivity index (χ4v) is 1.62. The molecule has 1 unspecified atom stereocenters. The minimum absolute atomic E-state index is 0.190. The Morgan fingerprint density at radius 1 is 1.40 bits per heavy atom. The lowest BCUT2D eigenvalue weighted by Crippen LogP contribution is -2.05. The van der Waals surface area contributed by atoms with Gasteiger partial charge in [0.15, 0.2) is 0 Å². The zero-order valence-electron chi connectivity index (χ0n) is 7.88. The Labute approximate surface area is 94.0 Å². The third kappa shape index (κ3) is 2.75. The van der Waals surface area contributed by atoms with E-state index >= 15 is 0 Å². The average molecular weight is 279 g/mol. The first-order valence-corrected chi connectivity index (χ1v) is 5.10. The first-order valence-electron chi connectivity index (χ1n) is 4.19. The smallest absolute Gasteiger partial charge is 0.264 e. The van der Waals surface area contributed by atoms with Crippen LogP contribution in [0.1, 0.15) is 29.3 Å². The van der Waals surface area contributed by atoms with Gasteiger partial charge >= 0.3 is 0 Å². The summed E-state index contributed by atoms with van der Waals surface area (Å²) in [7, 11) is 0. The summed E-state index contributed by atoms with van der Waals surface area (Å²) in [6, 6.07) is 3.56. The summed E-state index contributed by atoms with van der Waals surface area (Å²) in [6.07, 6.45) is -2.72. The topological polar surface area (TPSA) is 37.3 Å². The van der Waals surface area contributed by atoms with Crippen LogP contribution in [0.2, 0.25) is 0 Å². The van der Waals surface area contributed by atoms with Crippen LogP contribution in [0.15, 0.2) is 18.2 Å². The molecule has 0 saturated heterocycles. The van der Waals surface area contributed by atoms with Crippen LogP contribution in [0.5, 0.6) is 5.75 Å². The molecular formula is C10H9BrF2O2. The second-order valence-corrected chi connectivity index (χ2v) is 4.00. The molecule has 0 aliphatic rings. The molecule has 1 aromatic rings. The normalized spacial score (nSPS) is 12.9. The van der Waals surface area contributed by atoms with Crippen molar-refractivity contribution in [3.05, 3.63) is 29.3 Å². The van der Waals surface area contributed by atoms with Gasteiger partial charge in [0.2, 0.25) is 0 Å². The predicted octanol–water partition coefficient (Wildman–Crippen LogP) is 3.35. The van der Waals surface area contributed by atoms with Crippen LogP contribution in [0, 0.1) is 0 Å². The standard InChI is InChI=1S/C10H9BrF2O2/c1-5(14)9(11)7-3-2-6(15)4-8(7)10(12)13/h2-4,9-10,15H,1H3. The molecule has 0 fully saturated rings. The van der Waals surface area contributed by atoms with Gasteiger partial charge in [-0.25, -0.2) is 8.78 Å². The van der Waals surface area contributed by atoms with E-state index in [4.69, 9.17) is 5.11 Å². The van der Waals surface area contributed by atoms with E-state index in [1.807, 2.05) is 0 Å². The van der Waals surface area contributed by atoms with E-state index in [0.717, 1.165) is 6.07 Å². The summed E-state index contributed by atoms with van der Waals surface area (Å²) in [4.78, 5) is 10.3. The summed E-state index contributed by atoms with van der Waals surface area (Å²) in [5.74, 6) is -0.500. The molecule has 82 valence electrons. The summed E-state index contributed by atoms with van der Waals surface area (Å²) in [5, 5.41) is 9.07. The number of rotatable bonds is 3. The van der Waals surface area contributed by atoms with Crippen molar-refractivity contribution in [2.75, 3.05) is 0 Å². The molecule has 15 heavy (non-hydrogen) atoms. The van der Waals surface area contributed by atoms with Crippen LogP contribution in [0.3, 0.4) is 0 Å². The van der Waals surface area contributed by atoms with E-state index in [1.165, 1.54) is 19.1 Å². The third-order valence-electron chi connectivity index (χ3n) is 1.94. The fraction of sp³-hybridized carbons (Fsp3) is 0.300. The van der Waals surface area contributed by atoms with Crippen LogP contribution in [-0.4, -0.2) is 10.9 Å². The zero-order valence-corrected chi connectivity index (χ0v) is 9.46. The lowest BCUT2D eigenvalue weighted by Gasteiger charge is -2.12. The van der Waals surface area contributed by atoms with Crippen molar-refractivity contribution in [3.8, 4) is 5.75 Å². The average Bonchev–Trinajstić information content (AvgIpc) is 2.16. The van der Waals surface area contributed by atoms with Gasteiger partial charge in [-0.05, 0) is 24.6 Å². The Balaban J connectivity index is 3.22. The molecule has 0 radical (unpaired) electrons. The Morgan fingerprint density at radius 2 is 2.00 bits per heavy atom. The number of aromatic hydroxyl groups is 1. The van der Waals surface area contributed by atoms with E-state index in [2.05, 4.69) is 15.9 Å². The van der Waals surface area contributed by atoms with E-state index in [-0.39, 0.29) is 22.7 Å². The molecule has 0 aromatic heterocycles. The van der Waals surface area contributed by atoms with Crippen molar-refractivity contribution in [3.63, 3.8) is 0 Å². The molecule has 0 heterocycles. The van der Waals surface area contributed by atoms with Crippen molar-refractivity contribution < 1.29 is 18.7 Å². The molecule has 0 saturated carbocycles. The number of hydrogen-bond donors (Lipinski definition) is 1. The first kappa shape index (κ1) is 12.1. The number of phenolic OH excluding ortho intramolecular Hbond substituents is 1. The molecule has 5 heteroatoms. The molecule has 0 bridgehead atoms. The summed E-state index contributed by atoms with van der Waals surface area (Å²) in [5.41, 5.74) is -0.137. The van der Waals surface area contributed by atoms with Gasteiger partial charge in [-0.2, -0.15) is 0 Å². The summed E-state index contributed by atoms with van der Waals surface area (Å²) in [6.45, 7) is 1.31. The molecule has 0 amide bonds. The van der Waals surface area contributed by atoms with E-state index in [0.29, 0.717) is 0 Å². The minimum atomic E-state index is -2.72. The number of alkyl halides is 3. The highest BCUT2D eigenvalue weighted by molar-refractivity contribution is 9.09. The molecular weight excluding hydrogens is 270 g/mol.